The van der Waals surface area contributed by atoms with E-state index < -0.39 is 12.3 Å². The fraction of sp³-hybridized carbons (Fsp3) is 0.100. The van der Waals surface area contributed by atoms with E-state index in [0.717, 1.165) is 0 Å². The third kappa shape index (κ3) is 2.45. The molecule has 1 unspecified atom stereocenters. The Kier molecular flexibility index (Phi) is 3.69. The molecule has 0 spiro atoms. The summed E-state index contributed by atoms with van der Waals surface area (Å²) in [5, 5.41) is 2.83. The normalized spacial score (nSPS) is 18.5. The van der Waals surface area contributed by atoms with Crippen LogP contribution >= 0.6 is 0 Å². The Labute approximate surface area is 144 Å². The molecular weight excluding hydrogens is 319 g/mol. The molecule has 124 valence electrons. The first-order valence-corrected chi connectivity index (χ1v) is 7.90. The summed E-state index contributed by atoms with van der Waals surface area (Å²) in [4.78, 5) is 17.3. The lowest BCUT2D eigenvalue weighted by molar-refractivity contribution is -0.127. The lowest BCUT2D eigenvalue weighted by Gasteiger charge is -2.28. The molecule has 1 aliphatic rings. The largest absolute Gasteiger partial charge is 0.466 e. The van der Waals surface area contributed by atoms with Gasteiger partial charge in [-0.2, -0.15) is 0 Å². The molecule has 1 aromatic heterocycles. The molecule has 0 saturated carbocycles. The minimum atomic E-state index is -1.46. The van der Waals surface area contributed by atoms with E-state index >= 15 is 0 Å². The van der Waals surface area contributed by atoms with Crippen molar-refractivity contribution in [3.8, 4) is 5.75 Å². The van der Waals surface area contributed by atoms with Crippen LogP contribution in [0.4, 0.5) is 10.1 Å². The average Bonchev–Trinajstić information content (AvgIpc) is 2.95. The Hall–Kier alpha value is -3.21. The van der Waals surface area contributed by atoms with Crippen LogP contribution in [0.15, 0.2) is 72.9 Å². The van der Waals surface area contributed by atoms with E-state index in [-0.39, 0.29) is 5.91 Å². The lowest BCUT2D eigenvalue weighted by Crippen LogP contribution is -2.42. The molecule has 0 radical (unpaired) electrons. The Morgan fingerprint density at radius 2 is 1.84 bits per heavy atom. The van der Waals surface area contributed by atoms with Crippen LogP contribution in [-0.4, -0.2) is 10.9 Å². The number of hydrogen-bond donors (Lipinski definition) is 1. The summed E-state index contributed by atoms with van der Waals surface area (Å²) < 4.78 is 19.4. The van der Waals surface area contributed by atoms with Crippen molar-refractivity contribution < 1.29 is 13.9 Å². The zero-order valence-electron chi connectivity index (χ0n) is 13.3. The first kappa shape index (κ1) is 15.3. The van der Waals surface area contributed by atoms with Crippen molar-refractivity contribution in [1.29, 1.82) is 0 Å². The van der Waals surface area contributed by atoms with Crippen LogP contribution in [0.3, 0.4) is 0 Å². The van der Waals surface area contributed by atoms with Gasteiger partial charge in [0, 0.05) is 17.4 Å². The number of nitrogens with one attached hydrogen (secondary N) is 1. The molecule has 4 rings (SSSR count). The van der Waals surface area contributed by atoms with Gasteiger partial charge >= 0.3 is 0 Å². The van der Waals surface area contributed by atoms with Gasteiger partial charge in [0.05, 0.1) is 5.69 Å². The number of rotatable bonds is 4. The van der Waals surface area contributed by atoms with E-state index in [4.69, 9.17) is 4.74 Å². The summed E-state index contributed by atoms with van der Waals surface area (Å²) in [5.74, 6) is 0.183. The number of alkyl halides is 1. The van der Waals surface area contributed by atoms with Gasteiger partial charge in [-0.3, -0.25) is 9.78 Å². The number of anilines is 1. The monoisotopic (exact) mass is 334 g/mol. The number of hydrogen-bond acceptors (Lipinski definition) is 3. The van der Waals surface area contributed by atoms with Gasteiger partial charge < -0.3 is 10.1 Å². The van der Waals surface area contributed by atoms with Crippen LogP contribution in [0.2, 0.25) is 0 Å². The number of benzene rings is 2. The fourth-order valence-corrected chi connectivity index (χ4v) is 3.05. The molecule has 4 nitrogen and oxygen atoms in total. The third-order valence-corrected chi connectivity index (χ3v) is 4.23. The molecule has 25 heavy (non-hydrogen) atoms. The summed E-state index contributed by atoms with van der Waals surface area (Å²) in [6.07, 6.45) is 1.61. The molecular formula is C20H15FN2O2. The summed E-state index contributed by atoms with van der Waals surface area (Å²) >= 11 is 0. The Bertz CT molecular complexity index is 915. The van der Waals surface area contributed by atoms with Gasteiger partial charge in [0.2, 0.25) is 0 Å². The van der Waals surface area contributed by atoms with Gasteiger partial charge in [-0.15, -0.1) is 0 Å². The molecule has 1 atom stereocenters. The second kappa shape index (κ2) is 6.02. The topological polar surface area (TPSA) is 51.2 Å². The Balaban J connectivity index is 1.95. The van der Waals surface area contributed by atoms with Crippen molar-refractivity contribution in [3.05, 3.63) is 89.7 Å². The molecule has 1 amide bonds. The quantitative estimate of drug-likeness (QED) is 0.789. The smallest absolute Gasteiger partial charge is 0.279 e. The Morgan fingerprint density at radius 1 is 1.04 bits per heavy atom. The van der Waals surface area contributed by atoms with Crippen LogP contribution < -0.4 is 10.1 Å². The van der Waals surface area contributed by atoms with Gasteiger partial charge in [-0.1, -0.05) is 30.3 Å². The number of aromatic nitrogens is 1. The van der Waals surface area contributed by atoms with Crippen LogP contribution in [0.5, 0.6) is 5.75 Å². The number of para-hydroxylation sites is 1. The molecule has 0 saturated heterocycles. The molecule has 2 aromatic carbocycles. The second-order valence-electron chi connectivity index (χ2n) is 5.78. The molecule has 0 aliphatic carbocycles. The number of ether oxygens (including phenoxy) is 1. The zero-order valence-corrected chi connectivity index (χ0v) is 13.3. The first-order valence-electron chi connectivity index (χ1n) is 7.90. The fourth-order valence-electron chi connectivity index (χ4n) is 3.05. The van der Waals surface area contributed by atoms with Gasteiger partial charge in [0.25, 0.3) is 11.5 Å². The van der Waals surface area contributed by atoms with Crippen LogP contribution in [-0.2, 0) is 17.1 Å². The van der Waals surface area contributed by atoms with Gasteiger partial charge in [-0.05, 0) is 42.0 Å². The van der Waals surface area contributed by atoms with Crippen LogP contribution in [0.25, 0.3) is 0 Å². The van der Waals surface area contributed by atoms with Crippen LogP contribution in [0.1, 0.15) is 16.8 Å². The zero-order chi connectivity index (χ0) is 17.3. The van der Waals surface area contributed by atoms with Crippen molar-refractivity contribution >= 4 is 11.6 Å². The minimum absolute atomic E-state index is 0.346. The van der Waals surface area contributed by atoms with E-state index in [1.54, 1.807) is 54.7 Å². The van der Waals surface area contributed by atoms with Crippen molar-refractivity contribution in [2.24, 2.45) is 0 Å². The van der Waals surface area contributed by atoms with E-state index in [9.17, 15) is 9.18 Å². The summed E-state index contributed by atoms with van der Waals surface area (Å²) in [6, 6.07) is 19.4. The average molecular weight is 334 g/mol. The maximum Gasteiger partial charge on any atom is 0.279 e. The maximum absolute atomic E-state index is 13.2. The minimum Gasteiger partial charge on any atom is -0.466 e. The van der Waals surface area contributed by atoms with E-state index in [1.165, 1.54) is 0 Å². The van der Waals surface area contributed by atoms with Crippen LogP contribution in [0, 0.1) is 0 Å². The van der Waals surface area contributed by atoms with Gasteiger partial charge in [-0.25, -0.2) is 4.39 Å². The van der Waals surface area contributed by atoms with Gasteiger partial charge in [0.15, 0.2) is 0 Å². The second-order valence-corrected chi connectivity index (χ2v) is 5.78. The molecule has 1 N–H and O–H groups in total. The molecule has 5 heteroatoms. The SMILES string of the molecule is O=C1Nc2ccc(CF)cc2C1(Oc1ccccc1)c1ccccn1. The maximum atomic E-state index is 13.2. The molecule has 2 heterocycles. The van der Waals surface area contributed by atoms with E-state index in [0.29, 0.717) is 28.3 Å². The highest BCUT2D eigenvalue weighted by Gasteiger charge is 2.52. The summed E-state index contributed by atoms with van der Waals surface area (Å²) in [7, 11) is 0. The number of fused-ring (bicyclic) bond motifs is 1. The number of halogens is 1. The molecule has 0 fully saturated rings. The molecule has 0 bridgehead atoms. The van der Waals surface area contributed by atoms with Crippen molar-refractivity contribution in [3.63, 3.8) is 0 Å². The first-order chi connectivity index (χ1) is 12.2. The van der Waals surface area contributed by atoms with E-state index in [1.807, 2.05) is 18.2 Å². The number of nitrogens with zero attached hydrogens (tertiary/aromatic N) is 1. The van der Waals surface area contributed by atoms with Crippen molar-refractivity contribution in [2.75, 3.05) is 5.32 Å². The lowest BCUT2D eigenvalue weighted by atomic mass is 9.89. The summed E-state index contributed by atoms with van der Waals surface area (Å²) in [5.41, 5.74) is 0.640. The highest BCUT2D eigenvalue weighted by Crippen LogP contribution is 2.44. The highest BCUT2D eigenvalue weighted by molar-refractivity contribution is 6.07. The number of amides is 1. The summed E-state index contributed by atoms with van der Waals surface area (Å²) in [6.45, 7) is -0.620. The predicted molar refractivity (Wildman–Crippen MR) is 92.0 cm³/mol. The van der Waals surface area contributed by atoms with Gasteiger partial charge in [0.1, 0.15) is 12.4 Å². The Morgan fingerprint density at radius 3 is 2.56 bits per heavy atom. The highest BCUT2D eigenvalue weighted by atomic mass is 19.1. The van der Waals surface area contributed by atoms with Crippen molar-refractivity contribution in [1.82, 2.24) is 4.98 Å². The van der Waals surface area contributed by atoms with E-state index in [2.05, 4.69) is 10.3 Å². The van der Waals surface area contributed by atoms with Crippen molar-refractivity contribution in [2.45, 2.75) is 12.3 Å². The predicted octanol–water partition coefficient (Wildman–Crippen LogP) is 3.83. The standard InChI is InChI=1S/C20H15FN2O2/c21-13-14-9-10-17-16(12-14)20(19(24)23-17,18-8-4-5-11-22-18)25-15-6-2-1-3-7-15/h1-12H,13H2,(H,23,24). The number of pyridine rings is 1. The number of carbonyl (C=O) groups is 1. The molecule has 3 aromatic rings. The number of carbonyl (C=O) groups excluding carboxylic acids is 1. The third-order valence-electron chi connectivity index (χ3n) is 4.23. The molecule has 1 aliphatic heterocycles.